The van der Waals surface area contributed by atoms with Crippen molar-refractivity contribution in [2.45, 2.75) is 145 Å². The highest BCUT2D eigenvalue weighted by atomic mass is 128. The van der Waals surface area contributed by atoms with Gasteiger partial charge in [-0.3, -0.25) is 0 Å². The molecule has 0 N–H and O–H groups in total. The van der Waals surface area contributed by atoms with Gasteiger partial charge in [-0.25, -0.2) is 0 Å². The fraction of sp³-hybridized carbons (Fsp3) is 0.787. The predicted molar refractivity (Wildman–Crippen MR) is 346 cm³/mol. The van der Waals surface area contributed by atoms with Gasteiger partial charge in [-0.1, -0.05) is 97.2 Å². The molecule has 0 radical (unpaired) electrons. The number of halogens is 3. The van der Waals surface area contributed by atoms with Crippen LogP contribution in [0.2, 0.25) is 0 Å². The first kappa shape index (κ1) is 51.7. The minimum atomic E-state index is 0. The summed E-state index contributed by atoms with van der Waals surface area (Å²) in [4.78, 5) is 0. The van der Waals surface area contributed by atoms with Crippen LogP contribution in [0.25, 0.3) is 0 Å². The van der Waals surface area contributed by atoms with Crippen LogP contribution in [0.3, 0.4) is 0 Å². The lowest BCUT2D eigenvalue weighted by Gasteiger charge is -2.40. The number of hydrogen-bond acceptors (Lipinski definition) is 4. The van der Waals surface area contributed by atoms with Gasteiger partial charge < -0.3 is 18.9 Å². The summed E-state index contributed by atoms with van der Waals surface area (Å²) in [6.45, 7) is 0. The van der Waals surface area contributed by atoms with E-state index in [-0.39, 0.29) is 24.0 Å². The van der Waals surface area contributed by atoms with E-state index >= 15 is 0 Å². The topological polar surface area (TPSA) is 50.1 Å². The number of hydrogen-bond donors (Lipinski definition) is 0. The number of fused-ring (bicyclic) bond motifs is 62. The monoisotopic (exact) mass is 1440 g/mol. The van der Waals surface area contributed by atoms with Crippen LogP contribution in [0.4, 0.5) is 0 Å². The Labute approximate surface area is 530 Å². The normalized spacial score (nSPS) is 66.7. The van der Waals surface area contributed by atoms with Gasteiger partial charge in [-0.15, -0.1) is 24.0 Å². The van der Waals surface area contributed by atoms with Crippen molar-refractivity contribution in [3.63, 3.8) is 0 Å². The van der Waals surface area contributed by atoms with E-state index in [2.05, 4.69) is 134 Å². The molecule has 28 rings (SSSR count). The van der Waals surface area contributed by atoms with Crippen LogP contribution in [-0.2, 0) is 18.9 Å². The molecule has 0 amide bonds. The largest absolute Gasteiger partial charge is 0.369 e. The molecule has 4 nitrogen and oxygen atoms in total. The lowest BCUT2D eigenvalue weighted by Crippen LogP contribution is -2.40. The molecular weight excluding hydrogens is 1350 g/mol. The summed E-state index contributed by atoms with van der Waals surface area (Å²) in [5, 5.41) is 0. The number of rotatable bonds is 0. The third kappa shape index (κ3) is 6.89. The first-order valence-corrected chi connectivity index (χ1v) is 41.6. The fourth-order valence-corrected chi connectivity index (χ4v) is 31.2. The van der Waals surface area contributed by atoms with Crippen molar-refractivity contribution in [2.75, 3.05) is 0 Å². The SMILES string of the molecule is C1=CC2C(C1)C1CC2C2C3C=CC(C3)C12.C1=CC2C3C=CC(C3)C2C1.C1=CC2CC1C1CC3C4C=CC(C4)C3C21.C1=CCC=C1.C1C2C3CC(C4OC34)C2C2C1C1CC2C2OC12.C1C2OC2C2C1C1CC2C2C3CC(C4OC34)C12.I.II. The Morgan fingerprint density at radius 3 is 1.20 bits per heavy atom. The summed E-state index contributed by atoms with van der Waals surface area (Å²) in [5.74, 6) is 37.2. The maximum Gasteiger partial charge on any atom is 0.0875 e. The lowest BCUT2D eigenvalue weighted by molar-refractivity contribution is 0.0447. The van der Waals surface area contributed by atoms with Gasteiger partial charge >= 0.3 is 0 Å². The second-order valence-electron chi connectivity index (χ2n) is 34.1. The number of epoxide rings is 4. The Bertz CT molecular complexity index is 2820. The average molecular weight is 1440 g/mol. The van der Waals surface area contributed by atoms with Crippen LogP contribution in [0.1, 0.15) is 96.3 Å². The van der Waals surface area contributed by atoms with Gasteiger partial charge in [-0.05, 0) is 309 Å². The van der Waals surface area contributed by atoms with E-state index in [9.17, 15) is 0 Å². The molecule has 24 aliphatic carbocycles. The number of ether oxygens (including phenoxy) is 4. The molecule has 21 fully saturated rings. The minimum absolute atomic E-state index is 0. The molecule has 44 unspecified atom stereocenters. The highest BCUT2D eigenvalue weighted by molar-refractivity contribution is 15.0. The smallest absolute Gasteiger partial charge is 0.0875 e. The predicted octanol–water partition coefficient (Wildman–Crippen LogP) is 16.2. The molecular formula is C75H91I3O4. The highest BCUT2D eigenvalue weighted by Gasteiger charge is 2.80. The molecule has 44 atom stereocenters. The third-order valence-electron chi connectivity index (χ3n) is 32.8. The molecule has 0 aromatic rings. The second kappa shape index (κ2) is 18.6. The third-order valence-corrected chi connectivity index (χ3v) is 32.8. The first-order chi connectivity index (χ1) is 40.1. The second-order valence-corrected chi connectivity index (χ2v) is 34.1. The Balaban J connectivity index is 0.0000000704. The molecule has 17 saturated carbocycles. The maximum atomic E-state index is 5.93. The Morgan fingerprint density at radius 1 is 0.244 bits per heavy atom. The van der Waals surface area contributed by atoms with Gasteiger partial charge in [0.15, 0.2) is 0 Å². The van der Waals surface area contributed by atoms with Gasteiger partial charge in [-0.2, -0.15) is 0 Å². The molecule has 28 aliphatic rings. The zero-order chi connectivity index (χ0) is 52.2. The van der Waals surface area contributed by atoms with Crippen molar-refractivity contribution in [1.82, 2.24) is 0 Å². The zero-order valence-electron chi connectivity index (χ0n) is 48.0. The van der Waals surface area contributed by atoms with Crippen LogP contribution in [-0.4, -0.2) is 48.8 Å². The van der Waals surface area contributed by atoms with Gasteiger partial charge in [0, 0.05) is 37.2 Å². The van der Waals surface area contributed by atoms with Crippen LogP contribution in [0, 0.1) is 213 Å². The summed E-state index contributed by atoms with van der Waals surface area (Å²) in [6.07, 6.45) is 66.4. The summed E-state index contributed by atoms with van der Waals surface area (Å²) in [6, 6.07) is 0. The summed E-state index contributed by atoms with van der Waals surface area (Å²) in [5.41, 5.74) is 0. The van der Waals surface area contributed by atoms with E-state index in [1.54, 1.807) is 25.7 Å². The Kier molecular flexibility index (Phi) is 11.7. The van der Waals surface area contributed by atoms with Gasteiger partial charge in [0.1, 0.15) is 0 Å². The minimum Gasteiger partial charge on any atom is -0.369 e. The molecule has 7 heteroatoms. The van der Waals surface area contributed by atoms with Crippen LogP contribution < -0.4 is 0 Å². The standard InChI is InChI=1S/2C15H18O2.2C15H18.C10H12.C5H6.I2.HI/c1-4-5-3-9-15(16-9)12(5)6(1)11-8-2-7(10(4)11)13-14(8)17-13;1-4-6-2-8(14-12(6)16-14)10(4)11-5(1)7-3-9(11)15-13(7)17-15;1-3-10-5-8(1)12-7-13-9-2-4-11(6-9)15(13)14(10)12;1-2-10-11(3-1)13-7-12(10)14-8-4-5-9(6-8)15(13)14;1-2-9-7-4-5-8(6-7)10(9)3-1;1-2-4-5-3-1;1-2;/h2*4-15H,1-3H2;1-4,8-15H,5-7H2;1-2,4-5,8-15H,3,6-7H2;1-2,4-5,7-10H,3,6H2;1-4H,5H2;;1H. The van der Waals surface area contributed by atoms with Crippen LogP contribution in [0.15, 0.2) is 97.2 Å². The molecule has 436 valence electrons. The van der Waals surface area contributed by atoms with Crippen LogP contribution in [0.5, 0.6) is 0 Å². The van der Waals surface area contributed by atoms with Crippen molar-refractivity contribution in [1.29, 1.82) is 0 Å². The molecule has 82 heavy (non-hydrogen) atoms. The van der Waals surface area contributed by atoms with E-state index in [1.807, 2.05) is 0 Å². The lowest BCUT2D eigenvalue weighted by atomic mass is 9.64. The van der Waals surface area contributed by atoms with Crippen molar-refractivity contribution in [3.05, 3.63) is 97.2 Å². The van der Waals surface area contributed by atoms with Crippen molar-refractivity contribution in [2.24, 2.45) is 213 Å². The molecule has 0 aromatic carbocycles. The fourth-order valence-electron chi connectivity index (χ4n) is 31.2. The molecule has 18 bridgehead atoms. The molecule has 0 spiro atoms. The van der Waals surface area contributed by atoms with Gasteiger partial charge in [0.05, 0.1) is 48.8 Å². The van der Waals surface area contributed by atoms with Crippen molar-refractivity contribution < 1.29 is 18.9 Å². The first-order valence-electron chi connectivity index (χ1n) is 35.3. The molecule has 4 saturated heterocycles. The van der Waals surface area contributed by atoms with Crippen molar-refractivity contribution >= 4 is 61.2 Å². The van der Waals surface area contributed by atoms with E-state index in [4.69, 9.17) is 18.9 Å². The van der Waals surface area contributed by atoms with Crippen molar-refractivity contribution in [3.8, 4) is 0 Å². The Hall–Kier alpha value is -0.0500. The van der Waals surface area contributed by atoms with E-state index in [0.29, 0.717) is 12.2 Å². The summed E-state index contributed by atoms with van der Waals surface area (Å²) in [7, 11) is 0. The van der Waals surface area contributed by atoms with E-state index in [1.165, 1.54) is 64.2 Å². The van der Waals surface area contributed by atoms with Gasteiger partial charge in [0.25, 0.3) is 0 Å². The Morgan fingerprint density at radius 2 is 0.622 bits per heavy atom. The summed E-state index contributed by atoms with van der Waals surface area (Å²) >= 11 is 4.24. The zero-order valence-corrected chi connectivity index (χ0v) is 54.7. The highest BCUT2D eigenvalue weighted by Crippen LogP contribution is 2.79. The maximum absolute atomic E-state index is 5.93. The summed E-state index contributed by atoms with van der Waals surface area (Å²) < 4.78 is 23.6. The van der Waals surface area contributed by atoms with Gasteiger partial charge in [0.2, 0.25) is 0 Å². The van der Waals surface area contributed by atoms with E-state index < -0.39 is 0 Å². The molecule has 4 aliphatic heterocycles. The number of allylic oxidation sites excluding steroid dienone is 16. The quantitative estimate of drug-likeness (QED) is 0.105. The molecule has 4 heterocycles. The van der Waals surface area contributed by atoms with E-state index in [0.717, 1.165) is 256 Å². The average Bonchev–Trinajstić information content (AvgIpc) is 1.97. The van der Waals surface area contributed by atoms with Crippen LogP contribution >= 0.6 is 61.2 Å². The molecule has 0 aromatic heterocycles.